The van der Waals surface area contributed by atoms with Gasteiger partial charge < -0.3 is 10.6 Å². The monoisotopic (exact) mass is 282 g/mol. The molecular formula is C14H19ClN2O2. The Morgan fingerprint density at radius 1 is 1.05 bits per heavy atom. The summed E-state index contributed by atoms with van der Waals surface area (Å²) in [5.41, 5.74) is 0.893. The maximum atomic E-state index is 11.8. The van der Waals surface area contributed by atoms with Gasteiger partial charge in [0.05, 0.1) is 0 Å². The van der Waals surface area contributed by atoms with Crippen LogP contribution in [0.3, 0.4) is 0 Å². The molecule has 104 valence electrons. The molecule has 1 atom stereocenters. The van der Waals surface area contributed by atoms with E-state index in [-0.39, 0.29) is 11.8 Å². The Kier molecular flexibility index (Phi) is 4.95. The lowest BCUT2D eigenvalue weighted by Crippen LogP contribution is -2.27. The van der Waals surface area contributed by atoms with Crippen LogP contribution in [-0.2, 0) is 9.59 Å². The number of nitrogens with one attached hydrogen (secondary N) is 2. The highest BCUT2D eigenvalue weighted by Gasteiger charge is 2.21. The van der Waals surface area contributed by atoms with E-state index in [1.54, 1.807) is 31.2 Å². The van der Waals surface area contributed by atoms with Crippen molar-refractivity contribution in [3.8, 4) is 0 Å². The molecule has 0 heterocycles. The van der Waals surface area contributed by atoms with Gasteiger partial charge in [-0.15, -0.1) is 11.6 Å². The first-order valence-electron chi connectivity index (χ1n) is 6.06. The first-order valence-corrected chi connectivity index (χ1v) is 6.50. The molecule has 4 nitrogen and oxygen atoms in total. The lowest BCUT2D eigenvalue weighted by molar-refractivity contribution is -0.123. The van der Waals surface area contributed by atoms with E-state index in [0.717, 1.165) is 0 Å². The minimum atomic E-state index is -0.583. The first-order chi connectivity index (χ1) is 8.70. The van der Waals surface area contributed by atoms with Gasteiger partial charge in [0, 0.05) is 16.8 Å². The zero-order chi connectivity index (χ0) is 14.6. The molecule has 0 saturated carbocycles. The van der Waals surface area contributed by atoms with Crippen LogP contribution < -0.4 is 10.6 Å². The zero-order valence-corrected chi connectivity index (χ0v) is 12.3. The number of carbonyl (C=O) groups is 2. The van der Waals surface area contributed by atoms with Gasteiger partial charge in [-0.1, -0.05) is 20.8 Å². The predicted molar refractivity (Wildman–Crippen MR) is 78.5 cm³/mol. The summed E-state index contributed by atoms with van der Waals surface area (Å²) in [5, 5.41) is 4.89. The summed E-state index contributed by atoms with van der Waals surface area (Å²) in [5.74, 6) is -0.313. The molecule has 0 aliphatic heterocycles. The first kappa shape index (κ1) is 15.5. The Balaban J connectivity index is 2.67. The Bertz CT molecular complexity index is 461. The molecular weight excluding hydrogens is 264 g/mol. The topological polar surface area (TPSA) is 58.2 Å². The smallest absolute Gasteiger partial charge is 0.242 e. The molecule has 1 unspecified atom stereocenters. The maximum Gasteiger partial charge on any atom is 0.242 e. The van der Waals surface area contributed by atoms with Crippen molar-refractivity contribution >= 4 is 34.8 Å². The second-order valence-electron chi connectivity index (χ2n) is 5.39. The number of carbonyl (C=O) groups excluding carboxylic acids is 2. The number of hydrogen-bond donors (Lipinski definition) is 2. The van der Waals surface area contributed by atoms with Crippen molar-refractivity contribution in [3.05, 3.63) is 24.3 Å². The summed E-state index contributed by atoms with van der Waals surface area (Å²) in [6, 6.07) is 6.90. The van der Waals surface area contributed by atoms with Gasteiger partial charge in [0.25, 0.3) is 0 Å². The molecule has 5 heteroatoms. The van der Waals surface area contributed by atoms with Gasteiger partial charge in [0.1, 0.15) is 5.38 Å². The molecule has 0 spiro atoms. The number of hydrogen-bond acceptors (Lipinski definition) is 2. The fourth-order valence-corrected chi connectivity index (χ4v) is 1.25. The predicted octanol–water partition coefficient (Wildman–Crippen LogP) is 3.24. The van der Waals surface area contributed by atoms with Gasteiger partial charge in [-0.25, -0.2) is 0 Å². The van der Waals surface area contributed by atoms with Crippen LogP contribution >= 0.6 is 11.6 Å². The summed E-state index contributed by atoms with van der Waals surface area (Å²) in [6.45, 7) is 7.14. The fraction of sp³-hybridized carbons (Fsp3) is 0.429. The quantitative estimate of drug-likeness (QED) is 0.836. The van der Waals surface area contributed by atoms with Gasteiger partial charge in [-0.3, -0.25) is 9.59 Å². The molecule has 0 radical (unpaired) electrons. The van der Waals surface area contributed by atoms with E-state index < -0.39 is 10.8 Å². The molecule has 2 amide bonds. The highest BCUT2D eigenvalue weighted by molar-refractivity contribution is 6.32. The minimum absolute atomic E-state index is 0.0568. The number of alkyl halides is 1. The molecule has 0 bridgehead atoms. The molecule has 0 fully saturated rings. The van der Waals surface area contributed by atoms with Crippen LogP contribution in [0.1, 0.15) is 27.7 Å². The molecule has 1 aromatic rings. The molecule has 19 heavy (non-hydrogen) atoms. The van der Waals surface area contributed by atoms with Crippen molar-refractivity contribution < 1.29 is 9.59 Å². The van der Waals surface area contributed by atoms with Crippen molar-refractivity contribution in [2.75, 3.05) is 10.6 Å². The molecule has 2 N–H and O–H groups in total. The molecule has 1 aromatic carbocycles. The van der Waals surface area contributed by atoms with Crippen LogP contribution in [0.2, 0.25) is 0 Å². The number of rotatable bonds is 3. The van der Waals surface area contributed by atoms with Crippen LogP contribution in [0.15, 0.2) is 24.3 Å². The van der Waals surface area contributed by atoms with E-state index in [1.807, 2.05) is 20.8 Å². The van der Waals surface area contributed by atoms with E-state index in [1.165, 1.54) is 0 Å². The SMILES string of the molecule is CC(Cl)C(=O)Nc1ccc(NC(=O)C(C)(C)C)cc1. The standard InChI is InChI=1S/C14H19ClN2O2/c1-9(15)12(18)16-10-5-7-11(8-6-10)17-13(19)14(2,3)4/h5-9H,1-4H3,(H,16,18)(H,17,19). The molecule has 0 aromatic heterocycles. The summed E-state index contributed by atoms with van der Waals surface area (Å²) in [4.78, 5) is 23.2. The van der Waals surface area contributed by atoms with Crippen molar-refractivity contribution in [3.63, 3.8) is 0 Å². The minimum Gasteiger partial charge on any atom is -0.326 e. The Labute approximate surface area is 118 Å². The zero-order valence-electron chi connectivity index (χ0n) is 11.6. The van der Waals surface area contributed by atoms with E-state index in [2.05, 4.69) is 10.6 Å². The van der Waals surface area contributed by atoms with E-state index in [4.69, 9.17) is 11.6 Å². The maximum absolute atomic E-state index is 11.8. The van der Waals surface area contributed by atoms with Crippen molar-refractivity contribution in [1.82, 2.24) is 0 Å². The van der Waals surface area contributed by atoms with Crippen LogP contribution in [-0.4, -0.2) is 17.2 Å². The molecule has 0 aliphatic carbocycles. The molecule has 0 saturated heterocycles. The van der Waals surface area contributed by atoms with Gasteiger partial charge in [0.2, 0.25) is 11.8 Å². The average molecular weight is 283 g/mol. The van der Waals surface area contributed by atoms with Gasteiger partial charge in [0.15, 0.2) is 0 Å². The normalized spacial score (nSPS) is 12.7. The van der Waals surface area contributed by atoms with E-state index in [9.17, 15) is 9.59 Å². The number of benzene rings is 1. The number of amides is 2. The van der Waals surface area contributed by atoms with Crippen LogP contribution in [0.4, 0.5) is 11.4 Å². The average Bonchev–Trinajstić information content (AvgIpc) is 2.30. The third-order valence-electron chi connectivity index (χ3n) is 2.45. The highest BCUT2D eigenvalue weighted by Crippen LogP contribution is 2.19. The van der Waals surface area contributed by atoms with Crippen LogP contribution in [0, 0.1) is 5.41 Å². The summed E-state index contributed by atoms with van der Waals surface area (Å²) >= 11 is 5.66. The van der Waals surface area contributed by atoms with Crippen molar-refractivity contribution in [2.24, 2.45) is 5.41 Å². The molecule has 1 rings (SSSR count). The Hall–Kier alpha value is -1.55. The largest absolute Gasteiger partial charge is 0.326 e. The Morgan fingerprint density at radius 3 is 1.84 bits per heavy atom. The lowest BCUT2D eigenvalue weighted by atomic mass is 9.95. The van der Waals surface area contributed by atoms with E-state index in [0.29, 0.717) is 11.4 Å². The third-order valence-corrected chi connectivity index (χ3v) is 2.65. The van der Waals surface area contributed by atoms with Gasteiger partial charge >= 0.3 is 0 Å². The van der Waals surface area contributed by atoms with Crippen molar-refractivity contribution in [1.29, 1.82) is 0 Å². The summed E-state index contributed by atoms with van der Waals surface area (Å²) in [7, 11) is 0. The van der Waals surface area contributed by atoms with Crippen molar-refractivity contribution in [2.45, 2.75) is 33.1 Å². The lowest BCUT2D eigenvalue weighted by Gasteiger charge is -2.17. The summed E-state index contributed by atoms with van der Waals surface area (Å²) in [6.07, 6.45) is 0. The summed E-state index contributed by atoms with van der Waals surface area (Å²) < 4.78 is 0. The second kappa shape index (κ2) is 6.06. The van der Waals surface area contributed by atoms with Gasteiger partial charge in [-0.2, -0.15) is 0 Å². The van der Waals surface area contributed by atoms with Gasteiger partial charge in [-0.05, 0) is 31.2 Å². The fourth-order valence-electron chi connectivity index (χ4n) is 1.20. The molecule has 0 aliphatic rings. The number of halogens is 1. The van der Waals surface area contributed by atoms with Crippen LogP contribution in [0.25, 0.3) is 0 Å². The highest BCUT2D eigenvalue weighted by atomic mass is 35.5. The van der Waals surface area contributed by atoms with E-state index >= 15 is 0 Å². The number of anilines is 2. The Morgan fingerprint density at radius 2 is 1.47 bits per heavy atom. The second-order valence-corrected chi connectivity index (χ2v) is 6.04. The van der Waals surface area contributed by atoms with Crippen LogP contribution in [0.5, 0.6) is 0 Å². The third kappa shape index (κ3) is 4.91.